The number of benzene rings is 3. The molecule has 3 heteroatoms. The van der Waals surface area contributed by atoms with E-state index in [0.29, 0.717) is 0 Å². The highest BCUT2D eigenvalue weighted by Crippen LogP contribution is 2.20. The molecule has 0 heterocycles. The van der Waals surface area contributed by atoms with Gasteiger partial charge in [-0.15, -0.1) is 0 Å². The van der Waals surface area contributed by atoms with Gasteiger partial charge in [0.25, 0.3) is 0 Å². The van der Waals surface area contributed by atoms with Crippen molar-refractivity contribution in [2.75, 3.05) is 11.9 Å². The molecule has 3 aromatic carbocycles. The Hall–Kier alpha value is -3.33. The summed E-state index contributed by atoms with van der Waals surface area (Å²) in [5.74, 6) is 0. The number of carbonyl (C=O) groups is 1. The summed E-state index contributed by atoms with van der Waals surface area (Å²) in [4.78, 5) is 8.58. The van der Waals surface area contributed by atoms with Crippen molar-refractivity contribution < 1.29 is 4.79 Å². The Kier molecular flexibility index (Phi) is 9.09. The van der Waals surface area contributed by atoms with E-state index >= 15 is 0 Å². The molecule has 0 aliphatic heterocycles. The zero-order valence-electron chi connectivity index (χ0n) is 16.3. The summed E-state index contributed by atoms with van der Waals surface area (Å²) in [6, 6.07) is 29.9. The maximum absolute atomic E-state index is 8.58. The summed E-state index contributed by atoms with van der Waals surface area (Å²) in [5, 5.41) is 3.56. The molecule has 3 N–H and O–H groups in total. The predicted molar refractivity (Wildman–Crippen MR) is 120 cm³/mol. The molecule has 0 atom stereocenters. The Labute approximate surface area is 167 Å². The average molecular weight is 373 g/mol. The van der Waals surface area contributed by atoms with E-state index < -0.39 is 0 Å². The zero-order chi connectivity index (χ0) is 20.0. The third-order valence-corrected chi connectivity index (χ3v) is 4.26. The number of anilines is 1. The first kappa shape index (κ1) is 21.0. The molecule has 0 spiro atoms. The van der Waals surface area contributed by atoms with E-state index in [1.54, 1.807) is 0 Å². The van der Waals surface area contributed by atoms with Crippen molar-refractivity contribution in [3.05, 3.63) is 102 Å². The van der Waals surface area contributed by atoms with Gasteiger partial charge >= 0.3 is 0 Å². The SMILES string of the molecule is CCCc1ccc(NC/C(=C/c2ccccc2)c2ccccc2)cc1.NC=O. The normalized spacial score (nSPS) is 10.5. The largest absolute Gasteiger partial charge is 0.381 e. The van der Waals surface area contributed by atoms with Crippen molar-refractivity contribution in [3.63, 3.8) is 0 Å². The number of amides is 1. The van der Waals surface area contributed by atoms with Crippen LogP contribution in [0.5, 0.6) is 0 Å². The molecule has 0 saturated heterocycles. The van der Waals surface area contributed by atoms with Gasteiger partial charge in [0.05, 0.1) is 0 Å². The van der Waals surface area contributed by atoms with Crippen LogP contribution >= 0.6 is 0 Å². The lowest BCUT2D eigenvalue weighted by molar-refractivity contribution is -0.106. The first-order valence-electron chi connectivity index (χ1n) is 9.56. The van der Waals surface area contributed by atoms with Gasteiger partial charge in [-0.25, -0.2) is 0 Å². The molecule has 144 valence electrons. The second kappa shape index (κ2) is 12.1. The third-order valence-electron chi connectivity index (χ3n) is 4.26. The van der Waals surface area contributed by atoms with Crippen LogP contribution in [0.1, 0.15) is 30.0 Å². The molecule has 0 unspecified atom stereocenters. The third kappa shape index (κ3) is 7.12. The predicted octanol–water partition coefficient (Wildman–Crippen LogP) is 5.39. The molecule has 0 fully saturated rings. The maximum atomic E-state index is 8.58. The highest BCUT2D eigenvalue weighted by molar-refractivity contribution is 5.83. The van der Waals surface area contributed by atoms with Crippen molar-refractivity contribution in [2.45, 2.75) is 19.8 Å². The first-order chi connectivity index (χ1) is 13.8. The molecule has 0 saturated carbocycles. The van der Waals surface area contributed by atoms with Gasteiger partial charge in [-0.1, -0.05) is 86.1 Å². The van der Waals surface area contributed by atoms with E-state index in [1.807, 2.05) is 0 Å². The van der Waals surface area contributed by atoms with Gasteiger partial charge in [-0.2, -0.15) is 0 Å². The van der Waals surface area contributed by atoms with Crippen molar-refractivity contribution >= 4 is 23.7 Å². The molecular formula is C25H28N2O. The van der Waals surface area contributed by atoms with Crippen LogP contribution in [0.3, 0.4) is 0 Å². The number of hydrogen-bond donors (Lipinski definition) is 2. The van der Waals surface area contributed by atoms with Gasteiger partial charge < -0.3 is 11.1 Å². The Balaban J connectivity index is 0.000000878. The Morgan fingerprint density at radius 3 is 2.04 bits per heavy atom. The number of nitrogens with one attached hydrogen (secondary N) is 1. The van der Waals surface area contributed by atoms with E-state index in [-0.39, 0.29) is 6.41 Å². The zero-order valence-corrected chi connectivity index (χ0v) is 16.3. The second-order valence-electron chi connectivity index (χ2n) is 6.38. The molecule has 0 aromatic heterocycles. The lowest BCUT2D eigenvalue weighted by Gasteiger charge is -2.12. The Bertz CT molecular complexity index is 841. The van der Waals surface area contributed by atoms with Gasteiger partial charge in [0.2, 0.25) is 6.41 Å². The number of carbonyl (C=O) groups excluding carboxylic acids is 1. The number of aryl methyl sites for hydroxylation is 1. The molecule has 0 bridgehead atoms. The van der Waals surface area contributed by atoms with Crippen LogP contribution in [0, 0.1) is 0 Å². The van der Waals surface area contributed by atoms with Crippen LogP contribution in [-0.4, -0.2) is 13.0 Å². The molecule has 0 aliphatic carbocycles. The molecule has 0 radical (unpaired) electrons. The van der Waals surface area contributed by atoms with Crippen molar-refractivity contribution in [3.8, 4) is 0 Å². The van der Waals surface area contributed by atoms with E-state index in [4.69, 9.17) is 4.79 Å². The van der Waals surface area contributed by atoms with Crippen molar-refractivity contribution in [1.29, 1.82) is 0 Å². The van der Waals surface area contributed by atoms with Crippen LogP contribution in [0.4, 0.5) is 5.69 Å². The van der Waals surface area contributed by atoms with Crippen LogP contribution < -0.4 is 11.1 Å². The number of rotatable bonds is 7. The summed E-state index contributed by atoms with van der Waals surface area (Å²) in [6.45, 7) is 3.01. The van der Waals surface area contributed by atoms with Crippen molar-refractivity contribution in [2.24, 2.45) is 5.73 Å². The summed E-state index contributed by atoms with van der Waals surface area (Å²) in [5.41, 5.74) is 10.5. The van der Waals surface area contributed by atoms with Crippen LogP contribution in [0.2, 0.25) is 0 Å². The van der Waals surface area contributed by atoms with Gasteiger partial charge in [0.1, 0.15) is 0 Å². The van der Waals surface area contributed by atoms with Crippen LogP contribution in [0.15, 0.2) is 84.9 Å². The van der Waals surface area contributed by atoms with Gasteiger partial charge in [-0.05, 0) is 46.9 Å². The standard InChI is InChI=1S/C24H25N.CH3NO/c1-2-9-20-14-16-24(17-15-20)25-19-23(22-12-7-4-8-13-22)18-21-10-5-3-6-11-21;2-1-3/h3-8,10-18,25H,2,9,19H2,1H3;1H,(H2,2,3)/b23-18-;. The van der Waals surface area contributed by atoms with Gasteiger partial charge in [0, 0.05) is 12.2 Å². The second-order valence-corrected chi connectivity index (χ2v) is 6.38. The maximum Gasteiger partial charge on any atom is 0.204 e. The number of hydrogen-bond acceptors (Lipinski definition) is 2. The molecule has 1 amide bonds. The van der Waals surface area contributed by atoms with E-state index in [2.05, 4.69) is 109 Å². The molecule has 0 aliphatic rings. The van der Waals surface area contributed by atoms with Crippen LogP contribution in [-0.2, 0) is 11.2 Å². The topological polar surface area (TPSA) is 55.1 Å². The van der Waals surface area contributed by atoms with Crippen LogP contribution in [0.25, 0.3) is 11.6 Å². The molecule has 3 nitrogen and oxygen atoms in total. The molecular weight excluding hydrogens is 344 g/mol. The summed E-state index contributed by atoms with van der Waals surface area (Å²) < 4.78 is 0. The number of nitrogens with two attached hydrogens (primary N) is 1. The average Bonchev–Trinajstić information content (AvgIpc) is 2.74. The fraction of sp³-hybridized carbons (Fsp3) is 0.160. The van der Waals surface area contributed by atoms with E-state index in [0.717, 1.165) is 18.7 Å². The minimum Gasteiger partial charge on any atom is -0.381 e. The quantitative estimate of drug-likeness (QED) is 0.431. The van der Waals surface area contributed by atoms with E-state index in [1.165, 1.54) is 28.7 Å². The van der Waals surface area contributed by atoms with E-state index in [9.17, 15) is 0 Å². The minimum absolute atomic E-state index is 0.250. The smallest absolute Gasteiger partial charge is 0.204 e. The monoisotopic (exact) mass is 372 g/mol. The molecule has 3 rings (SSSR count). The molecule has 3 aromatic rings. The lowest BCUT2D eigenvalue weighted by atomic mass is 10.0. The molecule has 28 heavy (non-hydrogen) atoms. The highest BCUT2D eigenvalue weighted by Gasteiger charge is 2.02. The Morgan fingerprint density at radius 2 is 1.46 bits per heavy atom. The Morgan fingerprint density at radius 1 is 0.893 bits per heavy atom. The fourth-order valence-electron chi connectivity index (χ4n) is 2.91. The lowest BCUT2D eigenvalue weighted by Crippen LogP contribution is -2.04. The van der Waals surface area contributed by atoms with Gasteiger partial charge in [-0.3, -0.25) is 4.79 Å². The first-order valence-corrected chi connectivity index (χ1v) is 9.56. The van der Waals surface area contributed by atoms with Crippen molar-refractivity contribution in [1.82, 2.24) is 0 Å². The summed E-state index contributed by atoms with van der Waals surface area (Å²) in [6.07, 6.45) is 4.84. The highest BCUT2D eigenvalue weighted by atomic mass is 16.1. The minimum atomic E-state index is 0.250. The number of primary amides is 1. The summed E-state index contributed by atoms with van der Waals surface area (Å²) >= 11 is 0. The fourth-order valence-corrected chi connectivity index (χ4v) is 2.91. The summed E-state index contributed by atoms with van der Waals surface area (Å²) in [7, 11) is 0. The van der Waals surface area contributed by atoms with Gasteiger partial charge in [0.15, 0.2) is 0 Å².